The van der Waals surface area contributed by atoms with Gasteiger partial charge < -0.3 is 10.6 Å². The summed E-state index contributed by atoms with van der Waals surface area (Å²) in [6.45, 7) is 2.48. The molecule has 20 heavy (non-hydrogen) atoms. The van der Waals surface area contributed by atoms with Crippen molar-refractivity contribution in [1.29, 1.82) is 0 Å². The summed E-state index contributed by atoms with van der Waals surface area (Å²) in [5, 5.41) is 5.64. The minimum absolute atomic E-state index is 0.213. The molecule has 0 unspecified atom stereocenters. The minimum atomic E-state index is -0.213. The normalized spacial score (nSPS) is 10.2. The smallest absolute Gasteiger partial charge is 0.319 e. The van der Waals surface area contributed by atoms with Gasteiger partial charge in [-0.25, -0.2) is 4.79 Å². The Morgan fingerprint density at radius 3 is 2.45 bits per heavy atom. The number of urea groups is 1. The molecule has 2 aromatic carbocycles. The van der Waals surface area contributed by atoms with Crippen molar-refractivity contribution in [2.45, 2.75) is 13.5 Å². The maximum Gasteiger partial charge on any atom is 0.319 e. The SMILES string of the molecule is Cc1cc(NC(=O)NCc2ccc(Br)cc2)ccc1Br. The first kappa shape index (κ1) is 15.1. The van der Waals surface area contributed by atoms with Crippen LogP contribution in [0.1, 0.15) is 11.1 Å². The third kappa shape index (κ3) is 4.35. The number of hydrogen-bond acceptors (Lipinski definition) is 1. The third-order valence-electron chi connectivity index (χ3n) is 2.78. The molecule has 0 aliphatic heterocycles. The monoisotopic (exact) mass is 396 g/mol. The van der Waals surface area contributed by atoms with Crippen molar-refractivity contribution < 1.29 is 4.79 Å². The second kappa shape index (κ2) is 6.90. The van der Waals surface area contributed by atoms with Crippen LogP contribution < -0.4 is 10.6 Å². The largest absolute Gasteiger partial charge is 0.334 e. The molecule has 5 heteroatoms. The van der Waals surface area contributed by atoms with Crippen LogP contribution in [-0.4, -0.2) is 6.03 Å². The zero-order valence-corrected chi connectivity index (χ0v) is 14.1. The average Bonchev–Trinajstić information content (AvgIpc) is 2.42. The fourth-order valence-electron chi connectivity index (χ4n) is 1.68. The lowest BCUT2D eigenvalue weighted by Gasteiger charge is -2.09. The summed E-state index contributed by atoms with van der Waals surface area (Å²) in [5.74, 6) is 0. The summed E-state index contributed by atoms with van der Waals surface area (Å²) < 4.78 is 2.05. The van der Waals surface area contributed by atoms with Crippen molar-refractivity contribution in [3.63, 3.8) is 0 Å². The van der Waals surface area contributed by atoms with Crippen LogP contribution in [0.25, 0.3) is 0 Å². The van der Waals surface area contributed by atoms with Gasteiger partial charge in [0, 0.05) is 21.2 Å². The van der Waals surface area contributed by atoms with Gasteiger partial charge in [0.15, 0.2) is 0 Å². The fourth-order valence-corrected chi connectivity index (χ4v) is 2.19. The lowest BCUT2D eigenvalue weighted by molar-refractivity contribution is 0.251. The van der Waals surface area contributed by atoms with Crippen LogP contribution in [0.2, 0.25) is 0 Å². The molecule has 104 valence electrons. The molecule has 3 nitrogen and oxygen atoms in total. The van der Waals surface area contributed by atoms with E-state index in [-0.39, 0.29) is 6.03 Å². The highest BCUT2D eigenvalue weighted by atomic mass is 79.9. The van der Waals surface area contributed by atoms with E-state index in [9.17, 15) is 4.79 Å². The van der Waals surface area contributed by atoms with Crippen LogP contribution in [0.3, 0.4) is 0 Å². The highest BCUT2D eigenvalue weighted by molar-refractivity contribution is 9.10. The number of anilines is 1. The molecular formula is C15H14Br2N2O. The number of benzene rings is 2. The topological polar surface area (TPSA) is 41.1 Å². The van der Waals surface area contributed by atoms with Gasteiger partial charge in [0.2, 0.25) is 0 Å². The van der Waals surface area contributed by atoms with E-state index >= 15 is 0 Å². The van der Waals surface area contributed by atoms with Crippen LogP contribution >= 0.6 is 31.9 Å². The maximum atomic E-state index is 11.8. The first-order chi connectivity index (χ1) is 9.54. The van der Waals surface area contributed by atoms with Crippen LogP contribution in [0.4, 0.5) is 10.5 Å². The lowest BCUT2D eigenvalue weighted by atomic mass is 10.2. The molecule has 0 fully saturated rings. The van der Waals surface area contributed by atoms with Crippen LogP contribution in [0.15, 0.2) is 51.4 Å². The molecule has 0 aromatic heterocycles. The predicted octanol–water partition coefficient (Wildman–Crippen LogP) is 4.84. The summed E-state index contributed by atoms with van der Waals surface area (Å²) in [5.41, 5.74) is 2.91. The molecule has 2 aromatic rings. The van der Waals surface area contributed by atoms with E-state index in [2.05, 4.69) is 42.5 Å². The summed E-state index contributed by atoms with van der Waals surface area (Å²) in [7, 11) is 0. The summed E-state index contributed by atoms with van der Waals surface area (Å²) in [6.07, 6.45) is 0. The quantitative estimate of drug-likeness (QED) is 0.764. The van der Waals surface area contributed by atoms with Crippen molar-refractivity contribution in [2.24, 2.45) is 0 Å². The number of rotatable bonds is 3. The molecule has 0 aliphatic rings. The standard InChI is InChI=1S/C15H14Br2N2O/c1-10-8-13(6-7-14(10)17)19-15(20)18-9-11-2-4-12(16)5-3-11/h2-8H,9H2,1H3,(H2,18,19,20). The summed E-state index contributed by atoms with van der Waals surface area (Å²) >= 11 is 6.81. The average molecular weight is 398 g/mol. The Hall–Kier alpha value is -1.33. The van der Waals surface area contributed by atoms with Gasteiger partial charge in [0.05, 0.1) is 0 Å². The molecule has 0 saturated carbocycles. The third-order valence-corrected chi connectivity index (χ3v) is 4.20. The van der Waals surface area contributed by atoms with Gasteiger partial charge in [-0.1, -0.05) is 44.0 Å². The molecule has 0 radical (unpaired) electrons. The van der Waals surface area contributed by atoms with E-state index in [0.29, 0.717) is 6.54 Å². The molecular weight excluding hydrogens is 384 g/mol. The predicted molar refractivity (Wildman–Crippen MR) is 88.9 cm³/mol. The van der Waals surface area contributed by atoms with E-state index in [1.54, 1.807) is 0 Å². The van der Waals surface area contributed by atoms with E-state index in [0.717, 1.165) is 25.8 Å². The summed E-state index contributed by atoms with van der Waals surface area (Å²) in [4.78, 5) is 11.8. The molecule has 0 heterocycles. The fraction of sp³-hybridized carbons (Fsp3) is 0.133. The number of carbonyl (C=O) groups excluding carboxylic acids is 1. The van der Waals surface area contributed by atoms with Crippen LogP contribution in [0.5, 0.6) is 0 Å². The van der Waals surface area contributed by atoms with Crippen molar-refractivity contribution >= 4 is 43.6 Å². The zero-order valence-electron chi connectivity index (χ0n) is 10.9. The highest BCUT2D eigenvalue weighted by Crippen LogP contribution is 2.19. The Morgan fingerprint density at radius 2 is 1.80 bits per heavy atom. The molecule has 0 atom stereocenters. The van der Waals surface area contributed by atoms with Gasteiger partial charge in [-0.15, -0.1) is 0 Å². The Balaban J connectivity index is 1.89. The van der Waals surface area contributed by atoms with Crippen LogP contribution in [0, 0.1) is 6.92 Å². The molecule has 0 bridgehead atoms. The van der Waals surface area contributed by atoms with E-state index in [1.165, 1.54) is 0 Å². The number of carbonyl (C=O) groups is 1. The Kier molecular flexibility index (Phi) is 5.20. The highest BCUT2D eigenvalue weighted by Gasteiger charge is 2.03. The molecule has 0 saturated heterocycles. The first-order valence-electron chi connectivity index (χ1n) is 6.10. The molecule has 2 amide bonds. The van der Waals surface area contributed by atoms with Gasteiger partial charge in [0.25, 0.3) is 0 Å². The van der Waals surface area contributed by atoms with Gasteiger partial charge in [-0.05, 0) is 48.4 Å². The maximum absolute atomic E-state index is 11.8. The molecule has 0 aliphatic carbocycles. The number of halogens is 2. The Bertz CT molecular complexity index is 612. The minimum Gasteiger partial charge on any atom is -0.334 e. The van der Waals surface area contributed by atoms with Crippen molar-refractivity contribution in [3.8, 4) is 0 Å². The second-order valence-electron chi connectivity index (χ2n) is 4.40. The number of nitrogens with one attached hydrogen (secondary N) is 2. The molecule has 2 rings (SSSR count). The first-order valence-corrected chi connectivity index (χ1v) is 7.68. The van der Waals surface area contributed by atoms with E-state index < -0.39 is 0 Å². The number of aryl methyl sites for hydroxylation is 1. The van der Waals surface area contributed by atoms with Crippen LogP contribution in [-0.2, 0) is 6.54 Å². The molecule has 0 spiro atoms. The second-order valence-corrected chi connectivity index (χ2v) is 6.17. The van der Waals surface area contributed by atoms with Gasteiger partial charge in [0.1, 0.15) is 0 Å². The summed E-state index contributed by atoms with van der Waals surface area (Å²) in [6, 6.07) is 13.3. The van der Waals surface area contributed by atoms with Gasteiger partial charge >= 0.3 is 6.03 Å². The lowest BCUT2D eigenvalue weighted by Crippen LogP contribution is -2.28. The van der Waals surface area contributed by atoms with Crippen molar-refractivity contribution in [1.82, 2.24) is 5.32 Å². The zero-order chi connectivity index (χ0) is 14.5. The van der Waals surface area contributed by atoms with E-state index in [1.807, 2.05) is 49.4 Å². The number of amides is 2. The van der Waals surface area contributed by atoms with Crippen molar-refractivity contribution in [2.75, 3.05) is 5.32 Å². The van der Waals surface area contributed by atoms with Crippen molar-refractivity contribution in [3.05, 3.63) is 62.5 Å². The van der Waals surface area contributed by atoms with E-state index in [4.69, 9.17) is 0 Å². The Morgan fingerprint density at radius 1 is 1.10 bits per heavy atom. The Labute approximate surface area is 135 Å². The number of hydrogen-bond donors (Lipinski definition) is 2. The van der Waals surface area contributed by atoms with Gasteiger partial charge in [-0.3, -0.25) is 0 Å². The molecule has 2 N–H and O–H groups in total. The van der Waals surface area contributed by atoms with Gasteiger partial charge in [-0.2, -0.15) is 0 Å².